The van der Waals surface area contributed by atoms with Crippen LogP contribution in [-0.2, 0) is 4.79 Å². The number of aldehydes is 1. The van der Waals surface area contributed by atoms with Crippen molar-refractivity contribution in [1.29, 1.82) is 0 Å². The van der Waals surface area contributed by atoms with Gasteiger partial charge in [0.2, 0.25) is 0 Å². The summed E-state index contributed by atoms with van der Waals surface area (Å²) < 4.78 is 0. The van der Waals surface area contributed by atoms with Gasteiger partial charge in [0.25, 0.3) is 0 Å². The van der Waals surface area contributed by atoms with Crippen LogP contribution in [0.1, 0.15) is 49.3 Å². The average molecular weight is 256 g/mol. The van der Waals surface area contributed by atoms with Gasteiger partial charge >= 0.3 is 0 Å². The Bertz CT molecular complexity index is 467. The van der Waals surface area contributed by atoms with Gasteiger partial charge in [-0.05, 0) is 49.8 Å². The molecule has 1 aliphatic carbocycles. The van der Waals surface area contributed by atoms with Crippen LogP contribution in [0, 0.1) is 13.8 Å². The van der Waals surface area contributed by atoms with Crippen molar-refractivity contribution in [3.8, 4) is 0 Å². The minimum atomic E-state index is 0.639. The first kappa shape index (κ1) is 15.4. The quantitative estimate of drug-likeness (QED) is 0.536. The van der Waals surface area contributed by atoms with Crippen LogP contribution in [0.2, 0.25) is 0 Å². The molecule has 1 aromatic carbocycles. The van der Waals surface area contributed by atoms with Crippen LogP contribution in [0.3, 0.4) is 0 Å². The zero-order chi connectivity index (χ0) is 14.1. The minimum absolute atomic E-state index is 0.639. The second-order valence-corrected chi connectivity index (χ2v) is 4.88. The van der Waals surface area contributed by atoms with Crippen molar-refractivity contribution >= 4 is 11.9 Å². The lowest BCUT2D eigenvalue weighted by Crippen LogP contribution is -1.89. The van der Waals surface area contributed by atoms with Crippen LogP contribution in [0.25, 0.3) is 5.57 Å². The van der Waals surface area contributed by atoms with Crippen molar-refractivity contribution in [3.63, 3.8) is 0 Å². The molecule has 0 saturated heterocycles. The van der Waals surface area contributed by atoms with Gasteiger partial charge in [0.1, 0.15) is 6.29 Å². The summed E-state index contributed by atoms with van der Waals surface area (Å²) in [6.45, 7) is 6.17. The molecule has 1 aromatic rings. The molecule has 0 aromatic heterocycles. The highest BCUT2D eigenvalue weighted by atomic mass is 16.1. The maximum atomic E-state index is 9.17. The molecule has 1 aliphatic rings. The SMILES string of the molecule is CCC=O.Cc1ccc(C2=CCCC=CC2)c(C)c1. The van der Waals surface area contributed by atoms with Crippen LogP contribution < -0.4 is 0 Å². The Morgan fingerprint density at radius 1 is 1.16 bits per heavy atom. The van der Waals surface area contributed by atoms with Crippen molar-refractivity contribution < 1.29 is 4.79 Å². The van der Waals surface area contributed by atoms with E-state index >= 15 is 0 Å². The lowest BCUT2D eigenvalue weighted by atomic mass is 9.96. The fourth-order valence-corrected chi connectivity index (χ4v) is 2.16. The van der Waals surface area contributed by atoms with Gasteiger partial charge in [-0.3, -0.25) is 0 Å². The molecule has 0 radical (unpaired) electrons. The van der Waals surface area contributed by atoms with Crippen molar-refractivity contribution in [2.75, 3.05) is 0 Å². The van der Waals surface area contributed by atoms with E-state index < -0.39 is 0 Å². The van der Waals surface area contributed by atoms with Crippen LogP contribution >= 0.6 is 0 Å². The van der Waals surface area contributed by atoms with E-state index in [1.165, 1.54) is 35.1 Å². The normalized spacial score (nSPS) is 13.9. The summed E-state index contributed by atoms with van der Waals surface area (Å²) in [5, 5.41) is 0. The third-order valence-electron chi connectivity index (χ3n) is 3.12. The molecule has 19 heavy (non-hydrogen) atoms. The molecular weight excluding hydrogens is 232 g/mol. The molecule has 0 fully saturated rings. The zero-order valence-corrected chi connectivity index (χ0v) is 12.3. The number of hydrogen-bond acceptors (Lipinski definition) is 1. The third-order valence-corrected chi connectivity index (χ3v) is 3.12. The summed E-state index contributed by atoms with van der Waals surface area (Å²) in [7, 11) is 0. The summed E-state index contributed by atoms with van der Waals surface area (Å²) in [5.74, 6) is 0. The summed E-state index contributed by atoms with van der Waals surface area (Å²) in [6, 6.07) is 6.73. The van der Waals surface area contributed by atoms with E-state index in [0.717, 1.165) is 12.7 Å². The zero-order valence-electron chi connectivity index (χ0n) is 12.3. The minimum Gasteiger partial charge on any atom is -0.303 e. The van der Waals surface area contributed by atoms with Gasteiger partial charge in [-0.25, -0.2) is 0 Å². The number of rotatable bonds is 2. The lowest BCUT2D eigenvalue weighted by molar-refractivity contribution is -0.107. The molecule has 0 heterocycles. The van der Waals surface area contributed by atoms with E-state index in [1.54, 1.807) is 0 Å². The van der Waals surface area contributed by atoms with Crippen molar-refractivity contribution in [3.05, 3.63) is 53.1 Å². The maximum absolute atomic E-state index is 9.17. The Morgan fingerprint density at radius 2 is 1.89 bits per heavy atom. The second kappa shape index (κ2) is 8.47. The monoisotopic (exact) mass is 256 g/mol. The molecule has 1 nitrogen and oxygen atoms in total. The number of aryl methyl sites for hydroxylation is 2. The summed E-state index contributed by atoms with van der Waals surface area (Å²) in [6.07, 6.45) is 11.9. The van der Waals surface area contributed by atoms with Crippen molar-refractivity contribution in [1.82, 2.24) is 0 Å². The lowest BCUT2D eigenvalue weighted by Gasteiger charge is -2.09. The highest BCUT2D eigenvalue weighted by Gasteiger charge is 2.05. The van der Waals surface area contributed by atoms with Crippen LogP contribution in [-0.4, -0.2) is 6.29 Å². The molecule has 2 rings (SSSR count). The van der Waals surface area contributed by atoms with Gasteiger partial charge in [0.15, 0.2) is 0 Å². The Morgan fingerprint density at radius 3 is 2.53 bits per heavy atom. The highest BCUT2D eigenvalue weighted by molar-refractivity contribution is 5.69. The number of allylic oxidation sites excluding steroid dienone is 4. The Hall–Kier alpha value is -1.63. The largest absolute Gasteiger partial charge is 0.303 e. The number of benzene rings is 1. The molecule has 0 saturated carbocycles. The smallest absolute Gasteiger partial charge is 0.119 e. The van der Waals surface area contributed by atoms with Gasteiger partial charge < -0.3 is 4.79 Å². The van der Waals surface area contributed by atoms with Crippen LogP contribution in [0.15, 0.2) is 36.4 Å². The Labute approximate surface area is 117 Å². The Kier molecular flexibility index (Phi) is 6.88. The van der Waals surface area contributed by atoms with Gasteiger partial charge in [0.05, 0.1) is 0 Å². The van der Waals surface area contributed by atoms with E-state index in [2.05, 4.69) is 50.3 Å². The molecule has 0 aliphatic heterocycles. The van der Waals surface area contributed by atoms with E-state index in [4.69, 9.17) is 0 Å². The van der Waals surface area contributed by atoms with Gasteiger partial charge in [-0.15, -0.1) is 0 Å². The number of carbonyl (C=O) groups is 1. The van der Waals surface area contributed by atoms with Crippen LogP contribution in [0.5, 0.6) is 0 Å². The highest BCUT2D eigenvalue weighted by Crippen LogP contribution is 2.25. The number of carbonyl (C=O) groups excluding carboxylic acids is 1. The first-order valence-electron chi connectivity index (χ1n) is 7.04. The van der Waals surface area contributed by atoms with Crippen LogP contribution in [0.4, 0.5) is 0 Å². The van der Waals surface area contributed by atoms with E-state index in [9.17, 15) is 4.79 Å². The molecule has 0 unspecified atom stereocenters. The maximum Gasteiger partial charge on any atom is 0.119 e. The first-order chi connectivity index (χ1) is 9.19. The molecule has 102 valence electrons. The molecular formula is C18H24O. The van der Waals surface area contributed by atoms with E-state index in [-0.39, 0.29) is 0 Å². The van der Waals surface area contributed by atoms with Gasteiger partial charge in [-0.2, -0.15) is 0 Å². The number of hydrogen-bond donors (Lipinski definition) is 0. The molecule has 0 bridgehead atoms. The molecule has 0 atom stereocenters. The predicted molar refractivity (Wildman–Crippen MR) is 83.2 cm³/mol. The van der Waals surface area contributed by atoms with Gasteiger partial charge in [0, 0.05) is 6.42 Å². The fraction of sp³-hybridized carbons (Fsp3) is 0.389. The fourth-order valence-electron chi connectivity index (χ4n) is 2.16. The summed E-state index contributed by atoms with van der Waals surface area (Å²) >= 11 is 0. The molecule has 1 heteroatoms. The van der Waals surface area contributed by atoms with E-state index in [0.29, 0.717) is 6.42 Å². The first-order valence-corrected chi connectivity index (χ1v) is 7.04. The van der Waals surface area contributed by atoms with Gasteiger partial charge in [-0.1, -0.05) is 48.9 Å². The predicted octanol–water partition coefficient (Wildman–Crippen LogP) is 5.02. The second-order valence-electron chi connectivity index (χ2n) is 4.88. The summed E-state index contributed by atoms with van der Waals surface area (Å²) in [4.78, 5) is 9.17. The average Bonchev–Trinajstić information content (AvgIpc) is 2.68. The van der Waals surface area contributed by atoms with Crippen molar-refractivity contribution in [2.45, 2.75) is 46.5 Å². The molecule has 0 spiro atoms. The van der Waals surface area contributed by atoms with Crippen molar-refractivity contribution in [2.24, 2.45) is 0 Å². The summed E-state index contributed by atoms with van der Waals surface area (Å²) in [5.41, 5.74) is 5.66. The standard InChI is InChI=1S/C15H18.C3H6O/c1-12-9-10-15(13(2)11-12)14-7-5-3-4-6-8-14;1-2-3-4/h3,5,8-11H,4,6-7H2,1-2H3;3H,2H2,1H3. The molecule has 0 N–H and O–H groups in total. The van der Waals surface area contributed by atoms with E-state index in [1.807, 2.05) is 6.92 Å². The third kappa shape index (κ3) is 5.25. The topological polar surface area (TPSA) is 17.1 Å². The molecule has 0 amide bonds. The Balaban J connectivity index is 0.000000399.